The quantitative estimate of drug-likeness (QED) is 0.878. The van der Waals surface area contributed by atoms with E-state index in [1.165, 1.54) is 22.3 Å². The van der Waals surface area contributed by atoms with Crippen molar-refractivity contribution in [3.8, 4) is 11.1 Å². The van der Waals surface area contributed by atoms with Crippen LogP contribution in [0, 0.1) is 13.8 Å². The van der Waals surface area contributed by atoms with Gasteiger partial charge in [0.15, 0.2) is 0 Å². The second-order valence-electron chi connectivity index (χ2n) is 6.59. The van der Waals surface area contributed by atoms with E-state index in [9.17, 15) is 4.79 Å². The van der Waals surface area contributed by atoms with Gasteiger partial charge in [0.25, 0.3) is 0 Å². The molecular formula is C20H23NO2. The van der Waals surface area contributed by atoms with Gasteiger partial charge in [-0.1, -0.05) is 55.8 Å². The average molecular weight is 309 g/mol. The Kier molecular flexibility index (Phi) is 4.12. The van der Waals surface area contributed by atoms with E-state index in [0.29, 0.717) is 12.5 Å². The van der Waals surface area contributed by atoms with E-state index in [1.807, 2.05) is 0 Å². The van der Waals surface area contributed by atoms with Crippen molar-refractivity contribution in [3.63, 3.8) is 0 Å². The maximum atomic E-state index is 11.4. The predicted molar refractivity (Wildman–Crippen MR) is 92.7 cm³/mol. The summed E-state index contributed by atoms with van der Waals surface area (Å²) in [6, 6.07) is 13.0. The van der Waals surface area contributed by atoms with Gasteiger partial charge in [-0.25, -0.2) is 4.79 Å². The molecule has 3 rings (SSSR count). The van der Waals surface area contributed by atoms with Gasteiger partial charge in [0.05, 0.1) is 6.54 Å². The Balaban J connectivity index is 2.13. The van der Waals surface area contributed by atoms with Crippen molar-refractivity contribution in [1.29, 1.82) is 0 Å². The highest BCUT2D eigenvalue weighted by Gasteiger charge is 2.27. The Morgan fingerprint density at radius 2 is 1.87 bits per heavy atom. The number of amides is 1. The Morgan fingerprint density at radius 1 is 1.09 bits per heavy atom. The molecule has 1 aliphatic rings. The summed E-state index contributed by atoms with van der Waals surface area (Å²) in [6.45, 7) is 9.12. The molecule has 0 aliphatic carbocycles. The third-order valence-electron chi connectivity index (χ3n) is 4.45. The van der Waals surface area contributed by atoms with E-state index < -0.39 is 0 Å². The lowest BCUT2D eigenvalue weighted by Gasteiger charge is -2.18. The van der Waals surface area contributed by atoms with Crippen LogP contribution in [-0.2, 0) is 4.74 Å². The largest absolute Gasteiger partial charge is 0.439 e. The molecule has 23 heavy (non-hydrogen) atoms. The lowest BCUT2D eigenvalue weighted by Crippen LogP contribution is -2.12. The van der Waals surface area contributed by atoms with Crippen molar-refractivity contribution in [2.75, 3.05) is 6.54 Å². The van der Waals surface area contributed by atoms with Gasteiger partial charge in [-0.05, 0) is 42.0 Å². The fourth-order valence-corrected chi connectivity index (χ4v) is 3.04. The minimum atomic E-state index is -0.338. The number of benzene rings is 2. The molecule has 0 bridgehead atoms. The predicted octanol–water partition coefficient (Wildman–Crippen LogP) is 4.87. The van der Waals surface area contributed by atoms with Crippen LogP contribution in [0.1, 0.15) is 48.1 Å². The maximum Gasteiger partial charge on any atom is 0.407 e. The highest BCUT2D eigenvalue weighted by molar-refractivity contribution is 5.75. The number of nitrogens with one attached hydrogen (secondary N) is 1. The SMILES string of the molecule is Cc1ccc(-c2cc(C(C)C)ccc2C)c(C2CNC(=O)O2)c1. The molecule has 0 aromatic heterocycles. The summed E-state index contributed by atoms with van der Waals surface area (Å²) in [4.78, 5) is 11.4. The summed E-state index contributed by atoms with van der Waals surface area (Å²) < 4.78 is 5.43. The molecule has 0 saturated carbocycles. The van der Waals surface area contributed by atoms with Crippen molar-refractivity contribution >= 4 is 6.09 Å². The molecular weight excluding hydrogens is 286 g/mol. The lowest BCUT2D eigenvalue weighted by molar-refractivity contribution is 0.141. The van der Waals surface area contributed by atoms with Gasteiger partial charge in [0.2, 0.25) is 0 Å². The van der Waals surface area contributed by atoms with Crippen LogP contribution in [0.3, 0.4) is 0 Å². The van der Waals surface area contributed by atoms with Gasteiger partial charge in [-0.3, -0.25) is 0 Å². The molecule has 1 atom stereocenters. The number of hydrogen-bond donors (Lipinski definition) is 1. The third-order valence-corrected chi connectivity index (χ3v) is 4.45. The number of hydrogen-bond acceptors (Lipinski definition) is 2. The summed E-state index contributed by atoms with van der Waals surface area (Å²) in [5.74, 6) is 0.481. The van der Waals surface area contributed by atoms with E-state index in [4.69, 9.17) is 4.74 Å². The standard InChI is InChI=1S/C20H23NO2/c1-12(2)15-7-6-14(4)17(10-15)16-8-5-13(3)9-18(16)19-11-21-20(22)23-19/h5-10,12,19H,11H2,1-4H3,(H,21,22). The lowest BCUT2D eigenvalue weighted by atomic mass is 9.89. The first-order valence-electron chi connectivity index (χ1n) is 8.11. The molecule has 1 unspecified atom stereocenters. The first-order valence-corrected chi connectivity index (χ1v) is 8.11. The van der Waals surface area contributed by atoms with E-state index in [2.05, 4.69) is 69.4 Å². The first kappa shape index (κ1) is 15.6. The fraction of sp³-hybridized carbons (Fsp3) is 0.350. The second-order valence-corrected chi connectivity index (χ2v) is 6.59. The Labute approximate surface area is 137 Å². The zero-order valence-corrected chi connectivity index (χ0v) is 14.1. The number of rotatable bonds is 3. The van der Waals surface area contributed by atoms with Crippen molar-refractivity contribution in [2.24, 2.45) is 0 Å². The highest BCUT2D eigenvalue weighted by Crippen LogP contribution is 2.35. The topological polar surface area (TPSA) is 38.3 Å². The van der Waals surface area contributed by atoms with E-state index in [1.54, 1.807) is 0 Å². The second kappa shape index (κ2) is 6.07. The Morgan fingerprint density at radius 3 is 2.52 bits per heavy atom. The molecule has 0 spiro atoms. The maximum absolute atomic E-state index is 11.4. The number of carbonyl (C=O) groups is 1. The van der Waals surface area contributed by atoms with Crippen LogP contribution in [-0.4, -0.2) is 12.6 Å². The third kappa shape index (κ3) is 3.09. The van der Waals surface area contributed by atoms with Crippen molar-refractivity contribution in [1.82, 2.24) is 5.32 Å². The van der Waals surface area contributed by atoms with Crippen LogP contribution in [0.4, 0.5) is 4.79 Å². The zero-order valence-electron chi connectivity index (χ0n) is 14.1. The van der Waals surface area contributed by atoms with Crippen molar-refractivity contribution < 1.29 is 9.53 Å². The molecule has 0 radical (unpaired) electrons. The number of alkyl carbamates (subject to hydrolysis) is 1. The minimum Gasteiger partial charge on any atom is -0.439 e. The van der Waals surface area contributed by atoms with E-state index in [0.717, 1.165) is 11.1 Å². The van der Waals surface area contributed by atoms with Gasteiger partial charge >= 0.3 is 6.09 Å². The molecule has 3 nitrogen and oxygen atoms in total. The van der Waals surface area contributed by atoms with Crippen LogP contribution >= 0.6 is 0 Å². The summed E-state index contributed by atoms with van der Waals surface area (Å²) in [7, 11) is 0. The van der Waals surface area contributed by atoms with Gasteiger partial charge in [-0.15, -0.1) is 0 Å². The van der Waals surface area contributed by atoms with E-state index in [-0.39, 0.29) is 12.2 Å². The molecule has 1 fully saturated rings. The van der Waals surface area contributed by atoms with Gasteiger partial charge in [0.1, 0.15) is 6.10 Å². The number of carbonyl (C=O) groups excluding carboxylic acids is 1. The molecule has 1 heterocycles. The number of cyclic esters (lactones) is 1. The van der Waals surface area contributed by atoms with Crippen LogP contribution in [0.2, 0.25) is 0 Å². The first-order chi connectivity index (χ1) is 11.0. The molecule has 1 saturated heterocycles. The molecule has 2 aromatic rings. The molecule has 2 aromatic carbocycles. The number of ether oxygens (including phenoxy) is 1. The smallest absolute Gasteiger partial charge is 0.407 e. The normalized spacial score (nSPS) is 17.3. The molecule has 1 aliphatic heterocycles. The fourth-order valence-electron chi connectivity index (χ4n) is 3.04. The zero-order chi connectivity index (χ0) is 16.6. The van der Waals surface area contributed by atoms with Crippen LogP contribution < -0.4 is 5.32 Å². The molecule has 1 amide bonds. The van der Waals surface area contributed by atoms with Gasteiger partial charge in [0, 0.05) is 5.56 Å². The minimum absolute atomic E-state index is 0.223. The Bertz CT molecular complexity index is 749. The van der Waals surface area contributed by atoms with E-state index >= 15 is 0 Å². The van der Waals surface area contributed by atoms with Crippen LogP contribution in [0.25, 0.3) is 11.1 Å². The van der Waals surface area contributed by atoms with Gasteiger partial charge < -0.3 is 10.1 Å². The van der Waals surface area contributed by atoms with Crippen molar-refractivity contribution in [3.05, 3.63) is 58.7 Å². The number of aryl methyl sites for hydroxylation is 2. The summed E-state index contributed by atoms with van der Waals surface area (Å²) in [5, 5.41) is 2.75. The Hall–Kier alpha value is -2.29. The van der Waals surface area contributed by atoms with Crippen LogP contribution in [0.5, 0.6) is 0 Å². The monoisotopic (exact) mass is 309 g/mol. The highest BCUT2D eigenvalue weighted by atomic mass is 16.6. The van der Waals surface area contributed by atoms with Gasteiger partial charge in [-0.2, -0.15) is 0 Å². The summed E-state index contributed by atoms with van der Waals surface area (Å²) >= 11 is 0. The molecule has 3 heteroatoms. The van der Waals surface area contributed by atoms with Crippen molar-refractivity contribution in [2.45, 2.75) is 39.7 Å². The summed E-state index contributed by atoms with van der Waals surface area (Å²) in [6.07, 6.45) is -0.561. The van der Waals surface area contributed by atoms with Crippen LogP contribution in [0.15, 0.2) is 36.4 Å². The molecule has 1 N–H and O–H groups in total. The summed E-state index contributed by atoms with van der Waals surface area (Å²) in [5.41, 5.74) is 7.17. The molecule has 120 valence electrons. The average Bonchev–Trinajstić information content (AvgIpc) is 2.94.